The highest BCUT2D eigenvalue weighted by molar-refractivity contribution is 7.91. The number of hydrogen-bond acceptors (Lipinski definition) is 8. The number of nitrogens with one attached hydrogen (secondary N) is 1. The summed E-state index contributed by atoms with van der Waals surface area (Å²) in [6, 6.07) is 6.73. The summed E-state index contributed by atoms with van der Waals surface area (Å²) in [5.74, 6) is -1.52. The number of imidazole rings is 1. The predicted octanol–water partition coefficient (Wildman–Crippen LogP) is 4.29. The molecule has 3 aromatic heterocycles. The molecule has 3 heterocycles. The molecule has 40 heavy (non-hydrogen) atoms. The van der Waals surface area contributed by atoms with Crippen LogP contribution in [-0.2, 0) is 15.4 Å². The number of nitrogens with two attached hydrogens (primary N) is 1. The van der Waals surface area contributed by atoms with Crippen LogP contribution in [0.4, 0.5) is 20.4 Å². The zero-order chi connectivity index (χ0) is 29.0. The van der Waals surface area contributed by atoms with Crippen molar-refractivity contribution >= 4 is 27.0 Å². The highest BCUT2D eigenvalue weighted by atomic mass is 32.2. The van der Waals surface area contributed by atoms with E-state index in [9.17, 15) is 13.5 Å². The average molecular weight is 571 g/mol. The molecule has 12 heteroatoms. The minimum Gasteiger partial charge on any atom is -0.386 e. The standard InChI is InChI=1S/C28H32F2N6O3S/c1-15-9-16(10-22(31)26(15)40(4,38)39)19-7-8-32-14-24(19)34-27-33-13-18-5-6-23(35-36(18)27)25-20(29)11-17(12-21(25)30)28(2,3)37/h5-8,11-16,22,26,37H,9-10,31H2,1-4H3,(H,33,34). The Labute approximate surface area is 231 Å². The van der Waals surface area contributed by atoms with Crippen LogP contribution >= 0.6 is 0 Å². The molecular formula is C28H32F2N6O3S. The maximum Gasteiger partial charge on any atom is 0.229 e. The molecule has 4 N–H and O–H groups in total. The summed E-state index contributed by atoms with van der Waals surface area (Å²) in [5, 5.41) is 17.3. The smallest absolute Gasteiger partial charge is 0.229 e. The van der Waals surface area contributed by atoms with Gasteiger partial charge in [0, 0.05) is 18.5 Å². The van der Waals surface area contributed by atoms with Gasteiger partial charge < -0.3 is 16.2 Å². The van der Waals surface area contributed by atoms with Crippen molar-refractivity contribution in [3.8, 4) is 11.3 Å². The highest BCUT2D eigenvalue weighted by Gasteiger charge is 2.40. The molecule has 1 aliphatic rings. The fourth-order valence-corrected chi connectivity index (χ4v) is 7.52. The number of halogens is 2. The lowest BCUT2D eigenvalue weighted by Crippen LogP contribution is -2.48. The number of fused-ring (bicyclic) bond motifs is 1. The second-order valence-electron chi connectivity index (χ2n) is 11.2. The van der Waals surface area contributed by atoms with Gasteiger partial charge in [0.2, 0.25) is 5.95 Å². The molecule has 9 nitrogen and oxygen atoms in total. The van der Waals surface area contributed by atoms with E-state index in [4.69, 9.17) is 5.73 Å². The molecule has 4 aromatic rings. The number of hydrogen-bond donors (Lipinski definition) is 3. The van der Waals surface area contributed by atoms with Gasteiger partial charge in [0.15, 0.2) is 9.84 Å². The van der Waals surface area contributed by atoms with E-state index >= 15 is 8.78 Å². The second kappa shape index (κ2) is 10.2. The summed E-state index contributed by atoms with van der Waals surface area (Å²) in [5.41, 5.74) is 6.95. The van der Waals surface area contributed by atoms with Gasteiger partial charge in [0.25, 0.3) is 0 Å². The summed E-state index contributed by atoms with van der Waals surface area (Å²) in [4.78, 5) is 8.66. The first-order valence-corrected chi connectivity index (χ1v) is 14.9. The van der Waals surface area contributed by atoms with Crippen molar-refractivity contribution in [1.82, 2.24) is 19.6 Å². The summed E-state index contributed by atoms with van der Waals surface area (Å²) >= 11 is 0. The van der Waals surface area contributed by atoms with Gasteiger partial charge in [0.1, 0.15) is 11.6 Å². The molecule has 1 aromatic carbocycles. The molecule has 1 aliphatic carbocycles. The van der Waals surface area contributed by atoms with E-state index in [1.807, 2.05) is 13.0 Å². The molecule has 0 bridgehead atoms. The van der Waals surface area contributed by atoms with Crippen LogP contribution in [-0.4, -0.2) is 50.7 Å². The van der Waals surface area contributed by atoms with Crippen molar-refractivity contribution in [3.63, 3.8) is 0 Å². The van der Waals surface area contributed by atoms with Gasteiger partial charge in [-0.25, -0.2) is 22.2 Å². The van der Waals surface area contributed by atoms with Gasteiger partial charge in [-0.2, -0.15) is 9.61 Å². The number of sulfone groups is 1. The number of aromatic nitrogens is 4. The second-order valence-corrected chi connectivity index (χ2v) is 13.4. The van der Waals surface area contributed by atoms with Gasteiger partial charge in [-0.1, -0.05) is 6.92 Å². The number of pyridine rings is 1. The zero-order valence-corrected chi connectivity index (χ0v) is 23.5. The Kier molecular flexibility index (Phi) is 7.13. The van der Waals surface area contributed by atoms with Crippen molar-refractivity contribution < 1.29 is 22.3 Å². The number of benzene rings is 1. The lowest BCUT2D eigenvalue weighted by atomic mass is 9.76. The summed E-state index contributed by atoms with van der Waals surface area (Å²) in [6.07, 6.45) is 7.25. The van der Waals surface area contributed by atoms with Crippen molar-refractivity contribution in [3.05, 3.63) is 71.7 Å². The molecule has 212 valence electrons. The average Bonchev–Trinajstić information content (AvgIpc) is 3.24. The van der Waals surface area contributed by atoms with Gasteiger partial charge >= 0.3 is 0 Å². The van der Waals surface area contributed by atoms with Crippen molar-refractivity contribution in [2.24, 2.45) is 11.7 Å². The number of anilines is 2. The van der Waals surface area contributed by atoms with Crippen LogP contribution in [0.25, 0.3) is 16.8 Å². The third kappa shape index (κ3) is 5.30. The first-order chi connectivity index (χ1) is 18.7. The van der Waals surface area contributed by atoms with E-state index in [1.54, 1.807) is 24.7 Å². The van der Waals surface area contributed by atoms with Crippen LogP contribution in [0.1, 0.15) is 50.7 Å². The molecule has 0 saturated heterocycles. The summed E-state index contributed by atoms with van der Waals surface area (Å²) < 4.78 is 56.1. The molecule has 4 unspecified atom stereocenters. The minimum atomic E-state index is -3.29. The van der Waals surface area contributed by atoms with Crippen LogP contribution in [0.15, 0.2) is 48.9 Å². The monoisotopic (exact) mass is 570 g/mol. The van der Waals surface area contributed by atoms with Crippen LogP contribution in [0.2, 0.25) is 0 Å². The maximum absolute atomic E-state index is 15.0. The number of aliphatic hydroxyl groups is 1. The van der Waals surface area contributed by atoms with E-state index < -0.39 is 38.4 Å². The van der Waals surface area contributed by atoms with E-state index in [0.29, 0.717) is 30.0 Å². The third-order valence-electron chi connectivity index (χ3n) is 7.62. The molecule has 5 rings (SSSR count). The molecular weight excluding hydrogens is 538 g/mol. The highest BCUT2D eigenvalue weighted by Crippen LogP contribution is 2.41. The maximum atomic E-state index is 15.0. The van der Waals surface area contributed by atoms with Crippen molar-refractivity contribution in [2.75, 3.05) is 11.6 Å². The SMILES string of the molecule is CC1CC(c2ccncc2Nc2ncc3ccc(-c4c(F)cc(C(C)(C)O)cc4F)nn23)CC(N)C1S(C)(=O)=O. The Hall–Kier alpha value is -3.48. The zero-order valence-electron chi connectivity index (χ0n) is 22.6. The Morgan fingerprint density at radius 1 is 1.12 bits per heavy atom. The molecule has 4 atom stereocenters. The first kappa shape index (κ1) is 28.1. The van der Waals surface area contributed by atoms with Crippen LogP contribution in [0.3, 0.4) is 0 Å². The van der Waals surface area contributed by atoms with E-state index in [1.165, 1.54) is 30.7 Å². The van der Waals surface area contributed by atoms with Gasteiger partial charge in [-0.15, -0.1) is 0 Å². The van der Waals surface area contributed by atoms with Crippen molar-refractivity contribution in [1.29, 1.82) is 0 Å². The van der Waals surface area contributed by atoms with Gasteiger partial charge in [-0.05, 0) is 80.0 Å². The molecule has 1 fully saturated rings. The van der Waals surface area contributed by atoms with E-state index in [2.05, 4.69) is 20.4 Å². The summed E-state index contributed by atoms with van der Waals surface area (Å²) in [6.45, 7) is 4.81. The fraction of sp³-hybridized carbons (Fsp3) is 0.393. The minimum absolute atomic E-state index is 0.0132. The Morgan fingerprint density at radius 3 is 2.45 bits per heavy atom. The number of nitrogens with zero attached hydrogens (tertiary/aromatic N) is 4. The molecule has 0 spiro atoms. The van der Waals surface area contributed by atoms with Gasteiger partial charge in [-0.3, -0.25) is 4.98 Å². The Balaban J connectivity index is 1.48. The lowest BCUT2D eigenvalue weighted by Gasteiger charge is -2.38. The molecule has 1 saturated carbocycles. The Morgan fingerprint density at radius 2 is 1.82 bits per heavy atom. The normalized spacial score (nSPS) is 22.0. The third-order valence-corrected chi connectivity index (χ3v) is 9.42. The lowest BCUT2D eigenvalue weighted by molar-refractivity contribution is 0.0779. The summed E-state index contributed by atoms with van der Waals surface area (Å²) in [7, 11) is -3.29. The van der Waals surface area contributed by atoms with Crippen molar-refractivity contribution in [2.45, 2.75) is 56.4 Å². The van der Waals surface area contributed by atoms with Crippen LogP contribution < -0.4 is 11.1 Å². The number of rotatable bonds is 6. The molecule has 0 radical (unpaired) electrons. The quantitative estimate of drug-likeness (QED) is 0.312. The fourth-order valence-electron chi connectivity index (χ4n) is 5.82. The Bertz CT molecular complexity index is 1650. The topological polar surface area (TPSA) is 136 Å². The van der Waals surface area contributed by atoms with Crippen LogP contribution in [0, 0.1) is 17.6 Å². The van der Waals surface area contributed by atoms with E-state index in [-0.39, 0.29) is 28.7 Å². The van der Waals surface area contributed by atoms with E-state index in [0.717, 1.165) is 17.7 Å². The largest absolute Gasteiger partial charge is 0.386 e. The molecule has 0 aliphatic heterocycles. The van der Waals surface area contributed by atoms with Gasteiger partial charge in [0.05, 0.1) is 45.7 Å². The first-order valence-electron chi connectivity index (χ1n) is 13.0. The van der Waals surface area contributed by atoms with Crippen LogP contribution in [0.5, 0.6) is 0 Å². The predicted molar refractivity (Wildman–Crippen MR) is 149 cm³/mol. The molecule has 0 amide bonds.